The number of hydrogen-bond donors (Lipinski definition) is 2. The highest BCUT2D eigenvalue weighted by Crippen LogP contribution is 2.29. The Labute approximate surface area is 134 Å². The third kappa shape index (κ3) is 3.45. The predicted molar refractivity (Wildman–Crippen MR) is 83.2 cm³/mol. The zero-order valence-corrected chi connectivity index (χ0v) is 12.8. The number of hydrogen-bond acceptors (Lipinski definition) is 4. The summed E-state index contributed by atoms with van der Waals surface area (Å²) in [6.45, 7) is 1.19. The van der Waals surface area contributed by atoms with Crippen molar-refractivity contribution in [1.29, 1.82) is 5.26 Å². The number of aliphatic hydroxyl groups is 1. The summed E-state index contributed by atoms with van der Waals surface area (Å²) in [4.78, 5) is 13.9. The van der Waals surface area contributed by atoms with Gasteiger partial charge in [-0.25, -0.2) is 4.39 Å². The van der Waals surface area contributed by atoms with Crippen LogP contribution in [0.5, 0.6) is 0 Å². The SMILES string of the molecule is N#Cc1c(F)cccc1N1CCC(C(O)C(=O)NC2CC2)CC1. The van der Waals surface area contributed by atoms with Gasteiger partial charge < -0.3 is 15.3 Å². The fraction of sp³-hybridized carbons (Fsp3) is 0.529. The molecule has 23 heavy (non-hydrogen) atoms. The molecule has 0 aromatic heterocycles. The molecule has 0 spiro atoms. The number of halogens is 1. The summed E-state index contributed by atoms with van der Waals surface area (Å²) in [6, 6.07) is 6.76. The number of nitrogens with one attached hydrogen (secondary N) is 1. The Morgan fingerprint density at radius 3 is 2.65 bits per heavy atom. The molecule has 1 aliphatic carbocycles. The van der Waals surface area contributed by atoms with Crippen LogP contribution < -0.4 is 10.2 Å². The van der Waals surface area contributed by atoms with E-state index in [1.807, 2.05) is 11.0 Å². The summed E-state index contributed by atoms with van der Waals surface area (Å²) in [5.41, 5.74) is 0.640. The summed E-state index contributed by atoms with van der Waals surface area (Å²) >= 11 is 0. The Morgan fingerprint density at radius 1 is 1.35 bits per heavy atom. The molecule has 2 aliphatic rings. The van der Waals surface area contributed by atoms with Gasteiger partial charge in [-0.3, -0.25) is 4.79 Å². The second-order valence-electron chi connectivity index (χ2n) is 6.30. The van der Waals surface area contributed by atoms with Crippen molar-refractivity contribution in [1.82, 2.24) is 5.32 Å². The van der Waals surface area contributed by atoms with E-state index in [2.05, 4.69) is 5.32 Å². The van der Waals surface area contributed by atoms with E-state index in [0.717, 1.165) is 12.8 Å². The van der Waals surface area contributed by atoms with Gasteiger partial charge in [0.15, 0.2) is 0 Å². The Bertz CT molecular complexity index is 631. The molecule has 6 heteroatoms. The number of nitrogens with zero attached hydrogens (tertiary/aromatic N) is 2. The summed E-state index contributed by atoms with van der Waals surface area (Å²) in [7, 11) is 0. The van der Waals surface area contributed by atoms with E-state index in [0.29, 0.717) is 31.6 Å². The number of anilines is 1. The van der Waals surface area contributed by atoms with Crippen molar-refractivity contribution < 1.29 is 14.3 Å². The van der Waals surface area contributed by atoms with Crippen LogP contribution in [0.4, 0.5) is 10.1 Å². The molecule has 2 fully saturated rings. The minimum Gasteiger partial charge on any atom is -0.383 e. The Kier molecular flexibility index (Phi) is 4.49. The molecule has 2 N–H and O–H groups in total. The van der Waals surface area contributed by atoms with E-state index in [1.54, 1.807) is 12.1 Å². The van der Waals surface area contributed by atoms with E-state index in [9.17, 15) is 14.3 Å². The lowest BCUT2D eigenvalue weighted by Crippen LogP contribution is -2.45. The van der Waals surface area contributed by atoms with Crippen molar-refractivity contribution >= 4 is 11.6 Å². The molecule has 1 saturated heterocycles. The first-order chi connectivity index (χ1) is 11.1. The second-order valence-corrected chi connectivity index (χ2v) is 6.30. The number of carbonyl (C=O) groups excluding carboxylic acids is 1. The number of amides is 1. The van der Waals surface area contributed by atoms with Crippen molar-refractivity contribution in [3.63, 3.8) is 0 Å². The average Bonchev–Trinajstić information content (AvgIpc) is 3.38. The Balaban J connectivity index is 1.61. The molecule has 1 heterocycles. The van der Waals surface area contributed by atoms with Gasteiger partial charge in [-0.05, 0) is 43.7 Å². The second kappa shape index (κ2) is 6.55. The third-order valence-corrected chi connectivity index (χ3v) is 4.62. The van der Waals surface area contributed by atoms with Gasteiger partial charge in [0.05, 0.1) is 5.69 Å². The molecule has 0 radical (unpaired) electrons. The molecule has 1 atom stereocenters. The molecule has 122 valence electrons. The molecule has 1 unspecified atom stereocenters. The summed E-state index contributed by atoms with van der Waals surface area (Å²) in [5, 5.41) is 22.1. The van der Waals surface area contributed by atoms with E-state index in [-0.39, 0.29) is 23.4 Å². The van der Waals surface area contributed by atoms with Crippen molar-refractivity contribution in [3.8, 4) is 6.07 Å². The molecule has 1 aliphatic heterocycles. The highest BCUT2D eigenvalue weighted by Gasteiger charge is 2.33. The lowest BCUT2D eigenvalue weighted by Gasteiger charge is -2.35. The first kappa shape index (κ1) is 15.8. The molecular weight excluding hydrogens is 297 g/mol. The zero-order valence-electron chi connectivity index (χ0n) is 12.8. The minimum atomic E-state index is -0.985. The lowest BCUT2D eigenvalue weighted by molar-refractivity contribution is -0.132. The van der Waals surface area contributed by atoms with E-state index < -0.39 is 11.9 Å². The molecular formula is C17H20FN3O2. The van der Waals surface area contributed by atoms with E-state index >= 15 is 0 Å². The van der Waals surface area contributed by atoms with Gasteiger partial charge in [-0.1, -0.05) is 6.07 Å². The third-order valence-electron chi connectivity index (χ3n) is 4.62. The van der Waals surface area contributed by atoms with Crippen LogP contribution in [0.2, 0.25) is 0 Å². The average molecular weight is 317 g/mol. The van der Waals surface area contributed by atoms with Gasteiger partial charge >= 0.3 is 0 Å². The fourth-order valence-electron chi connectivity index (χ4n) is 3.07. The molecule has 3 rings (SSSR count). The molecule has 1 aromatic carbocycles. The number of rotatable bonds is 4. The first-order valence-electron chi connectivity index (χ1n) is 8.02. The largest absolute Gasteiger partial charge is 0.383 e. The van der Waals surface area contributed by atoms with Crippen LogP contribution in [-0.2, 0) is 4.79 Å². The quantitative estimate of drug-likeness (QED) is 0.883. The van der Waals surface area contributed by atoms with Gasteiger partial charge in [0.1, 0.15) is 23.6 Å². The fourth-order valence-corrected chi connectivity index (χ4v) is 3.07. The summed E-state index contributed by atoms with van der Waals surface area (Å²) in [6.07, 6.45) is 2.28. The Hall–Kier alpha value is -2.13. The highest BCUT2D eigenvalue weighted by atomic mass is 19.1. The van der Waals surface area contributed by atoms with Crippen LogP contribution in [0.1, 0.15) is 31.2 Å². The normalized spacial score (nSPS) is 20.0. The number of nitriles is 1. The van der Waals surface area contributed by atoms with Crippen LogP contribution in [0.3, 0.4) is 0 Å². The smallest absolute Gasteiger partial charge is 0.249 e. The van der Waals surface area contributed by atoms with Gasteiger partial charge in [0.25, 0.3) is 0 Å². The van der Waals surface area contributed by atoms with E-state index in [1.165, 1.54) is 6.07 Å². The van der Waals surface area contributed by atoms with Crippen molar-refractivity contribution in [3.05, 3.63) is 29.6 Å². The topological polar surface area (TPSA) is 76.4 Å². The van der Waals surface area contributed by atoms with Gasteiger partial charge in [0.2, 0.25) is 5.91 Å². The molecule has 1 amide bonds. The van der Waals surface area contributed by atoms with Gasteiger partial charge in [-0.2, -0.15) is 5.26 Å². The highest BCUT2D eigenvalue weighted by molar-refractivity contribution is 5.81. The zero-order chi connectivity index (χ0) is 16.4. The maximum absolute atomic E-state index is 13.7. The predicted octanol–water partition coefficient (Wildman–Crippen LogP) is 1.55. The monoisotopic (exact) mass is 317 g/mol. The van der Waals surface area contributed by atoms with Crippen LogP contribution in [0.15, 0.2) is 18.2 Å². The molecule has 5 nitrogen and oxygen atoms in total. The molecule has 1 aromatic rings. The Morgan fingerprint density at radius 2 is 2.04 bits per heavy atom. The number of carbonyl (C=O) groups is 1. The number of aliphatic hydroxyl groups excluding tert-OH is 1. The van der Waals surface area contributed by atoms with E-state index in [4.69, 9.17) is 5.26 Å². The molecule has 0 bridgehead atoms. The van der Waals surface area contributed by atoms with Gasteiger partial charge in [-0.15, -0.1) is 0 Å². The van der Waals surface area contributed by atoms with Crippen LogP contribution >= 0.6 is 0 Å². The van der Waals surface area contributed by atoms with Crippen LogP contribution in [0.25, 0.3) is 0 Å². The number of benzene rings is 1. The minimum absolute atomic E-state index is 0.0537. The first-order valence-corrected chi connectivity index (χ1v) is 8.02. The standard InChI is InChI=1S/C17H20FN3O2/c18-14-2-1-3-15(13(14)10-19)21-8-6-11(7-9-21)16(22)17(23)20-12-4-5-12/h1-3,11-12,16,22H,4-9H2,(H,20,23). The maximum atomic E-state index is 13.7. The summed E-state index contributed by atoms with van der Waals surface area (Å²) in [5.74, 6) is -0.894. The van der Waals surface area contributed by atoms with Crippen molar-refractivity contribution in [2.24, 2.45) is 5.92 Å². The van der Waals surface area contributed by atoms with Gasteiger partial charge in [0, 0.05) is 19.1 Å². The van der Waals surface area contributed by atoms with Crippen molar-refractivity contribution in [2.45, 2.75) is 37.8 Å². The lowest BCUT2D eigenvalue weighted by atomic mass is 9.90. The summed E-state index contributed by atoms with van der Waals surface area (Å²) < 4.78 is 13.7. The number of piperidine rings is 1. The van der Waals surface area contributed by atoms with Crippen LogP contribution in [-0.4, -0.2) is 36.2 Å². The van der Waals surface area contributed by atoms with Crippen molar-refractivity contribution in [2.75, 3.05) is 18.0 Å². The maximum Gasteiger partial charge on any atom is 0.249 e. The molecule has 1 saturated carbocycles. The van der Waals surface area contributed by atoms with Crippen LogP contribution in [0, 0.1) is 23.1 Å².